The van der Waals surface area contributed by atoms with Gasteiger partial charge < -0.3 is 5.32 Å². The molecule has 1 aromatic carbocycles. The van der Waals surface area contributed by atoms with E-state index in [1.807, 2.05) is 6.08 Å². The van der Waals surface area contributed by atoms with Gasteiger partial charge in [0.05, 0.1) is 5.56 Å². The molecule has 1 aliphatic heterocycles. The van der Waals surface area contributed by atoms with Crippen molar-refractivity contribution in [1.82, 2.24) is 5.32 Å². The molecule has 18 heavy (non-hydrogen) atoms. The highest BCUT2D eigenvalue weighted by molar-refractivity contribution is 5.51. The van der Waals surface area contributed by atoms with Gasteiger partial charge in [0.15, 0.2) is 0 Å². The summed E-state index contributed by atoms with van der Waals surface area (Å²) in [6.07, 6.45) is 1.66. The summed E-state index contributed by atoms with van der Waals surface area (Å²) in [5.41, 5.74) is 0.0262. The van der Waals surface area contributed by atoms with E-state index < -0.39 is 11.7 Å². The first-order valence-electron chi connectivity index (χ1n) is 6.12. The predicted molar refractivity (Wildman–Crippen MR) is 66.1 cm³/mol. The summed E-state index contributed by atoms with van der Waals surface area (Å²) in [5, 5.41) is 3.26. The Balaban J connectivity index is 2.07. The van der Waals surface area contributed by atoms with Gasteiger partial charge in [0, 0.05) is 0 Å². The Kier molecular flexibility index (Phi) is 4.07. The Hall–Kier alpha value is -1.29. The van der Waals surface area contributed by atoms with Crippen LogP contribution in [0.5, 0.6) is 0 Å². The molecule has 0 saturated carbocycles. The van der Waals surface area contributed by atoms with E-state index in [-0.39, 0.29) is 0 Å². The highest BCUT2D eigenvalue weighted by atomic mass is 19.4. The van der Waals surface area contributed by atoms with Crippen LogP contribution >= 0.6 is 0 Å². The molecule has 0 spiro atoms. The van der Waals surface area contributed by atoms with E-state index in [0.29, 0.717) is 11.5 Å². The zero-order valence-electron chi connectivity index (χ0n) is 10.0. The summed E-state index contributed by atoms with van der Waals surface area (Å²) in [6, 6.07) is 5.44. The lowest BCUT2D eigenvalue weighted by Gasteiger charge is -2.19. The minimum atomic E-state index is -4.27. The average Bonchev–Trinajstić information content (AvgIpc) is 2.37. The summed E-state index contributed by atoms with van der Waals surface area (Å²) in [6.45, 7) is 1.97. The monoisotopic (exact) mass is 255 g/mol. The van der Waals surface area contributed by atoms with Crippen molar-refractivity contribution in [1.29, 1.82) is 0 Å². The molecule has 1 heterocycles. The Morgan fingerprint density at radius 3 is 2.56 bits per heavy atom. The highest BCUT2D eigenvalue weighted by Gasteiger charge is 2.30. The lowest BCUT2D eigenvalue weighted by Crippen LogP contribution is -2.26. The SMILES string of the molecule is FC(F)(F)c1cccc(C=CC2CCNCC2)c1. The zero-order chi connectivity index (χ0) is 13.0. The second-order valence-corrected chi connectivity index (χ2v) is 4.57. The van der Waals surface area contributed by atoms with Gasteiger partial charge in [-0.05, 0) is 49.5 Å². The number of benzene rings is 1. The topological polar surface area (TPSA) is 12.0 Å². The number of nitrogens with one attached hydrogen (secondary N) is 1. The fourth-order valence-electron chi connectivity index (χ4n) is 2.10. The van der Waals surface area contributed by atoms with Gasteiger partial charge in [-0.1, -0.05) is 24.3 Å². The molecule has 1 fully saturated rings. The molecule has 1 aliphatic rings. The van der Waals surface area contributed by atoms with Gasteiger partial charge in [0.1, 0.15) is 0 Å². The quantitative estimate of drug-likeness (QED) is 0.849. The summed E-state index contributed by atoms with van der Waals surface area (Å²) in [7, 11) is 0. The largest absolute Gasteiger partial charge is 0.416 e. The van der Waals surface area contributed by atoms with Crippen LogP contribution in [-0.2, 0) is 6.18 Å². The lowest BCUT2D eigenvalue weighted by atomic mass is 9.96. The molecule has 0 bridgehead atoms. The first kappa shape index (κ1) is 13.1. The molecule has 1 nitrogen and oxygen atoms in total. The first-order chi connectivity index (χ1) is 8.55. The number of piperidine rings is 1. The maximum atomic E-state index is 12.5. The van der Waals surface area contributed by atoms with Crippen LogP contribution in [0.3, 0.4) is 0 Å². The number of hydrogen-bond acceptors (Lipinski definition) is 1. The summed E-state index contributed by atoms with van der Waals surface area (Å²) >= 11 is 0. The van der Waals surface area contributed by atoms with E-state index in [0.717, 1.165) is 32.0 Å². The fraction of sp³-hybridized carbons (Fsp3) is 0.429. The number of hydrogen-bond donors (Lipinski definition) is 1. The van der Waals surface area contributed by atoms with Crippen LogP contribution < -0.4 is 5.32 Å². The molecule has 0 atom stereocenters. The molecule has 4 heteroatoms. The van der Waals surface area contributed by atoms with Gasteiger partial charge in [-0.25, -0.2) is 0 Å². The molecule has 0 aliphatic carbocycles. The Morgan fingerprint density at radius 2 is 1.89 bits per heavy atom. The van der Waals surface area contributed by atoms with Crippen molar-refractivity contribution in [3.63, 3.8) is 0 Å². The van der Waals surface area contributed by atoms with Crippen LogP contribution in [0, 0.1) is 5.92 Å². The standard InChI is InChI=1S/C14H16F3N/c15-14(16,17)13-3-1-2-12(10-13)5-4-11-6-8-18-9-7-11/h1-5,10-11,18H,6-9H2. The van der Waals surface area contributed by atoms with E-state index in [2.05, 4.69) is 5.32 Å². The van der Waals surface area contributed by atoms with Crippen molar-refractivity contribution < 1.29 is 13.2 Å². The van der Waals surface area contributed by atoms with Crippen molar-refractivity contribution in [2.24, 2.45) is 5.92 Å². The first-order valence-corrected chi connectivity index (χ1v) is 6.12. The van der Waals surface area contributed by atoms with Crippen LogP contribution in [0.4, 0.5) is 13.2 Å². The Bertz CT molecular complexity index is 417. The number of rotatable bonds is 2. The third kappa shape index (κ3) is 3.60. The van der Waals surface area contributed by atoms with Crippen molar-refractivity contribution in [2.45, 2.75) is 19.0 Å². The van der Waals surface area contributed by atoms with E-state index in [4.69, 9.17) is 0 Å². The maximum Gasteiger partial charge on any atom is 0.416 e. The van der Waals surface area contributed by atoms with Crippen LogP contribution in [0.25, 0.3) is 6.08 Å². The second-order valence-electron chi connectivity index (χ2n) is 4.57. The van der Waals surface area contributed by atoms with Crippen molar-refractivity contribution in [3.05, 3.63) is 41.5 Å². The van der Waals surface area contributed by atoms with Crippen molar-refractivity contribution >= 4 is 6.08 Å². The Morgan fingerprint density at radius 1 is 1.17 bits per heavy atom. The number of alkyl halides is 3. The van der Waals surface area contributed by atoms with Gasteiger partial charge in [0.2, 0.25) is 0 Å². The van der Waals surface area contributed by atoms with Gasteiger partial charge in [-0.15, -0.1) is 0 Å². The van der Waals surface area contributed by atoms with Crippen molar-refractivity contribution in [2.75, 3.05) is 13.1 Å². The van der Waals surface area contributed by atoms with Crippen LogP contribution in [0.2, 0.25) is 0 Å². The third-order valence-electron chi connectivity index (χ3n) is 3.16. The molecule has 2 rings (SSSR count). The van der Waals surface area contributed by atoms with Gasteiger partial charge in [-0.3, -0.25) is 0 Å². The van der Waals surface area contributed by atoms with Gasteiger partial charge >= 0.3 is 6.18 Å². The summed E-state index contributed by atoms with van der Waals surface area (Å²) in [5.74, 6) is 0.473. The van der Waals surface area contributed by atoms with Gasteiger partial charge in [-0.2, -0.15) is 13.2 Å². The Labute approximate surface area is 105 Å². The molecule has 1 aromatic rings. The zero-order valence-corrected chi connectivity index (χ0v) is 10.0. The average molecular weight is 255 g/mol. The molecular formula is C14H16F3N. The molecule has 0 radical (unpaired) electrons. The third-order valence-corrected chi connectivity index (χ3v) is 3.16. The molecule has 1 N–H and O–H groups in total. The lowest BCUT2D eigenvalue weighted by molar-refractivity contribution is -0.137. The highest BCUT2D eigenvalue weighted by Crippen LogP contribution is 2.29. The van der Waals surface area contributed by atoms with Gasteiger partial charge in [0.25, 0.3) is 0 Å². The second kappa shape index (κ2) is 5.57. The van der Waals surface area contributed by atoms with Crippen LogP contribution in [0.1, 0.15) is 24.0 Å². The van der Waals surface area contributed by atoms with E-state index in [1.54, 1.807) is 12.1 Å². The number of halogens is 3. The molecule has 1 saturated heterocycles. The van der Waals surface area contributed by atoms with Crippen molar-refractivity contribution in [3.8, 4) is 0 Å². The summed E-state index contributed by atoms with van der Waals surface area (Å²) < 4.78 is 37.6. The molecule has 0 aromatic heterocycles. The minimum absolute atomic E-state index is 0.473. The molecule has 0 amide bonds. The molecule has 98 valence electrons. The minimum Gasteiger partial charge on any atom is -0.317 e. The molecule has 0 unspecified atom stereocenters. The fourth-order valence-corrected chi connectivity index (χ4v) is 2.10. The maximum absolute atomic E-state index is 12.5. The normalized spacial score (nSPS) is 18.4. The van der Waals surface area contributed by atoms with E-state index in [1.165, 1.54) is 12.1 Å². The molecular weight excluding hydrogens is 239 g/mol. The van der Waals surface area contributed by atoms with E-state index >= 15 is 0 Å². The van der Waals surface area contributed by atoms with E-state index in [9.17, 15) is 13.2 Å². The number of allylic oxidation sites excluding steroid dienone is 1. The summed E-state index contributed by atoms with van der Waals surface area (Å²) in [4.78, 5) is 0. The predicted octanol–water partition coefficient (Wildman–Crippen LogP) is 3.72. The van der Waals surface area contributed by atoms with Crippen LogP contribution in [0.15, 0.2) is 30.3 Å². The smallest absolute Gasteiger partial charge is 0.317 e. The van der Waals surface area contributed by atoms with Crippen LogP contribution in [-0.4, -0.2) is 13.1 Å².